The van der Waals surface area contributed by atoms with Gasteiger partial charge < -0.3 is 15.5 Å². The molecule has 0 bridgehead atoms. The first-order chi connectivity index (χ1) is 10.6. The van der Waals surface area contributed by atoms with E-state index in [1.54, 1.807) is 0 Å². The SMILES string of the molecule is CCNC(=O)CN(CC)C(=O)N[C@@H]1C[C@H]1c1ccccc1Cl. The summed E-state index contributed by atoms with van der Waals surface area (Å²) < 4.78 is 0. The van der Waals surface area contributed by atoms with Gasteiger partial charge in [-0.2, -0.15) is 0 Å². The second-order valence-corrected chi connectivity index (χ2v) is 5.79. The molecule has 0 spiro atoms. The number of halogens is 1. The van der Waals surface area contributed by atoms with Crippen molar-refractivity contribution < 1.29 is 9.59 Å². The van der Waals surface area contributed by atoms with Gasteiger partial charge in [-0.25, -0.2) is 4.79 Å². The van der Waals surface area contributed by atoms with Crippen molar-refractivity contribution in [3.8, 4) is 0 Å². The van der Waals surface area contributed by atoms with Crippen LogP contribution in [-0.2, 0) is 4.79 Å². The number of carbonyl (C=O) groups excluding carboxylic acids is 2. The van der Waals surface area contributed by atoms with Crippen LogP contribution in [0.25, 0.3) is 0 Å². The Morgan fingerprint density at radius 2 is 2.05 bits per heavy atom. The van der Waals surface area contributed by atoms with Gasteiger partial charge in [0.05, 0.1) is 0 Å². The normalized spacial score (nSPS) is 19.4. The zero-order valence-corrected chi connectivity index (χ0v) is 13.7. The van der Waals surface area contributed by atoms with Crippen molar-refractivity contribution in [3.63, 3.8) is 0 Å². The van der Waals surface area contributed by atoms with Crippen LogP contribution in [0.4, 0.5) is 4.79 Å². The fourth-order valence-electron chi connectivity index (χ4n) is 2.48. The summed E-state index contributed by atoms with van der Waals surface area (Å²) in [7, 11) is 0. The van der Waals surface area contributed by atoms with Crippen LogP contribution in [0, 0.1) is 0 Å². The lowest BCUT2D eigenvalue weighted by molar-refractivity contribution is -0.121. The Bertz CT molecular complexity index is 550. The fourth-order valence-corrected chi connectivity index (χ4v) is 2.75. The molecule has 2 rings (SSSR count). The van der Waals surface area contributed by atoms with Crippen LogP contribution in [0.5, 0.6) is 0 Å². The summed E-state index contributed by atoms with van der Waals surface area (Å²) in [6.07, 6.45) is 0.883. The number of carbonyl (C=O) groups is 2. The van der Waals surface area contributed by atoms with Crippen LogP contribution < -0.4 is 10.6 Å². The molecule has 0 aliphatic heterocycles. The van der Waals surface area contributed by atoms with E-state index >= 15 is 0 Å². The monoisotopic (exact) mass is 323 g/mol. The molecule has 1 aromatic carbocycles. The first-order valence-corrected chi connectivity index (χ1v) is 8.01. The van der Waals surface area contributed by atoms with Crippen LogP contribution in [-0.4, -0.2) is 42.5 Å². The van der Waals surface area contributed by atoms with Gasteiger partial charge >= 0.3 is 6.03 Å². The minimum atomic E-state index is -0.201. The molecule has 1 saturated carbocycles. The number of hydrogen-bond donors (Lipinski definition) is 2. The van der Waals surface area contributed by atoms with Crippen molar-refractivity contribution in [3.05, 3.63) is 34.9 Å². The molecule has 1 aliphatic rings. The van der Waals surface area contributed by atoms with Crippen molar-refractivity contribution in [2.24, 2.45) is 0 Å². The second-order valence-electron chi connectivity index (χ2n) is 5.39. The summed E-state index contributed by atoms with van der Waals surface area (Å²) in [5, 5.41) is 6.41. The Labute approximate surface area is 136 Å². The molecular formula is C16H22ClN3O2. The highest BCUT2D eigenvalue weighted by Crippen LogP contribution is 2.43. The molecule has 1 fully saturated rings. The molecule has 0 saturated heterocycles. The molecule has 22 heavy (non-hydrogen) atoms. The summed E-state index contributed by atoms with van der Waals surface area (Å²) in [5.41, 5.74) is 1.07. The standard InChI is InChI=1S/C16H22ClN3O2/c1-3-18-15(21)10-20(4-2)16(22)19-14-9-12(14)11-7-5-6-8-13(11)17/h5-8,12,14H,3-4,9-10H2,1-2H3,(H,18,21)(H,19,22)/t12-,14+/m0/s1. The third-order valence-corrected chi connectivity index (χ3v) is 4.13. The summed E-state index contributed by atoms with van der Waals surface area (Å²) in [4.78, 5) is 25.3. The molecule has 2 N–H and O–H groups in total. The largest absolute Gasteiger partial charge is 0.355 e. The molecule has 0 aromatic heterocycles. The molecule has 0 unspecified atom stereocenters. The number of amides is 3. The van der Waals surface area contributed by atoms with Crippen molar-refractivity contribution in [2.45, 2.75) is 32.2 Å². The summed E-state index contributed by atoms with van der Waals surface area (Å²) >= 11 is 6.18. The average molecular weight is 324 g/mol. The van der Waals surface area contributed by atoms with E-state index in [4.69, 9.17) is 11.6 Å². The lowest BCUT2D eigenvalue weighted by Gasteiger charge is -2.21. The van der Waals surface area contributed by atoms with E-state index in [1.807, 2.05) is 38.1 Å². The highest BCUT2D eigenvalue weighted by molar-refractivity contribution is 6.31. The van der Waals surface area contributed by atoms with Crippen molar-refractivity contribution in [1.82, 2.24) is 15.5 Å². The minimum Gasteiger partial charge on any atom is -0.355 e. The number of benzene rings is 1. The van der Waals surface area contributed by atoms with E-state index in [0.717, 1.165) is 17.0 Å². The maximum Gasteiger partial charge on any atom is 0.318 e. The Morgan fingerprint density at radius 3 is 2.68 bits per heavy atom. The molecular weight excluding hydrogens is 302 g/mol. The zero-order chi connectivity index (χ0) is 16.1. The van der Waals surface area contributed by atoms with E-state index in [9.17, 15) is 9.59 Å². The quantitative estimate of drug-likeness (QED) is 0.844. The second kappa shape index (κ2) is 7.49. The Morgan fingerprint density at radius 1 is 1.32 bits per heavy atom. The van der Waals surface area contributed by atoms with Gasteiger partial charge in [-0.05, 0) is 31.9 Å². The Hall–Kier alpha value is -1.75. The van der Waals surface area contributed by atoms with Crippen LogP contribution in [0.15, 0.2) is 24.3 Å². The van der Waals surface area contributed by atoms with E-state index in [1.165, 1.54) is 4.90 Å². The molecule has 6 heteroatoms. The van der Waals surface area contributed by atoms with Gasteiger partial charge in [0.15, 0.2) is 0 Å². The van der Waals surface area contributed by atoms with E-state index in [0.29, 0.717) is 13.1 Å². The van der Waals surface area contributed by atoms with Gasteiger partial charge in [0.1, 0.15) is 6.54 Å². The first kappa shape index (κ1) is 16.6. The van der Waals surface area contributed by atoms with Gasteiger partial charge in [-0.1, -0.05) is 29.8 Å². The predicted molar refractivity (Wildman–Crippen MR) is 87.1 cm³/mol. The first-order valence-electron chi connectivity index (χ1n) is 7.63. The molecule has 120 valence electrons. The summed E-state index contributed by atoms with van der Waals surface area (Å²) in [6.45, 7) is 4.85. The van der Waals surface area contributed by atoms with Gasteiger partial charge in [0.2, 0.25) is 5.91 Å². The fraction of sp³-hybridized carbons (Fsp3) is 0.500. The smallest absolute Gasteiger partial charge is 0.318 e. The third-order valence-electron chi connectivity index (χ3n) is 3.78. The van der Waals surface area contributed by atoms with Gasteiger partial charge in [-0.15, -0.1) is 0 Å². The molecule has 1 aromatic rings. The highest BCUT2D eigenvalue weighted by Gasteiger charge is 2.41. The summed E-state index contributed by atoms with van der Waals surface area (Å²) in [5.74, 6) is 0.124. The Kier molecular flexibility index (Phi) is 5.66. The number of rotatable bonds is 6. The average Bonchev–Trinajstić information content (AvgIpc) is 3.24. The Balaban J connectivity index is 1.87. The van der Waals surface area contributed by atoms with E-state index in [2.05, 4.69) is 10.6 Å². The number of urea groups is 1. The van der Waals surface area contributed by atoms with Crippen molar-refractivity contribution in [2.75, 3.05) is 19.6 Å². The zero-order valence-electron chi connectivity index (χ0n) is 12.9. The van der Waals surface area contributed by atoms with E-state index < -0.39 is 0 Å². The van der Waals surface area contributed by atoms with Crippen molar-refractivity contribution >= 4 is 23.5 Å². The van der Waals surface area contributed by atoms with Crippen LogP contribution in [0.3, 0.4) is 0 Å². The lowest BCUT2D eigenvalue weighted by atomic mass is 10.1. The molecule has 2 atom stereocenters. The molecule has 5 nitrogen and oxygen atoms in total. The molecule has 0 heterocycles. The molecule has 0 radical (unpaired) electrons. The molecule has 3 amide bonds. The summed E-state index contributed by atoms with van der Waals surface area (Å²) in [6, 6.07) is 7.59. The third kappa shape index (κ3) is 4.13. The number of nitrogens with one attached hydrogen (secondary N) is 2. The lowest BCUT2D eigenvalue weighted by Crippen LogP contribution is -2.46. The number of hydrogen-bond acceptors (Lipinski definition) is 2. The predicted octanol–water partition coefficient (Wildman–Crippen LogP) is 2.36. The topological polar surface area (TPSA) is 61.4 Å². The van der Waals surface area contributed by atoms with Gasteiger partial charge in [0, 0.05) is 30.1 Å². The van der Waals surface area contributed by atoms with Crippen molar-refractivity contribution in [1.29, 1.82) is 0 Å². The van der Waals surface area contributed by atoms with Crippen LogP contribution in [0.2, 0.25) is 5.02 Å². The van der Waals surface area contributed by atoms with E-state index in [-0.39, 0.29) is 30.4 Å². The van der Waals surface area contributed by atoms with Gasteiger partial charge in [0.25, 0.3) is 0 Å². The molecule has 1 aliphatic carbocycles. The maximum atomic E-state index is 12.2. The highest BCUT2D eigenvalue weighted by atomic mass is 35.5. The van der Waals surface area contributed by atoms with Crippen LogP contribution >= 0.6 is 11.6 Å². The minimum absolute atomic E-state index is 0.0830. The van der Waals surface area contributed by atoms with Crippen LogP contribution in [0.1, 0.15) is 31.7 Å². The number of likely N-dealkylation sites (N-methyl/N-ethyl adjacent to an activating group) is 2. The maximum absolute atomic E-state index is 12.2. The number of nitrogens with zero attached hydrogens (tertiary/aromatic N) is 1. The van der Waals surface area contributed by atoms with Gasteiger partial charge in [-0.3, -0.25) is 4.79 Å².